The predicted molar refractivity (Wildman–Crippen MR) is 67.9 cm³/mol. The number of aliphatic carboxylic acids is 1. The zero-order chi connectivity index (χ0) is 13.9. The number of carbonyl (C=O) groups excluding carboxylic acids is 1. The van der Waals surface area contributed by atoms with Crippen LogP contribution in [0.15, 0.2) is 30.3 Å². The van der Waals surface area contributed by atoms with E-state index in [1.165, 1.54) is 20.9 Å². The third-order valence-corrected chi connectivity index (χ3v) is 3.12. The maximum absolute atomic E-state index is 12.1. The van der Waals surface area contributed by atoms with E-state index < -0.39 is 23.5 Å². The van der Waals surface area contributed by atoms with Gasteiger partial charge in [-0.2, -0.15) is 0 Å². The smallest absolute Gasteiger partial charge is 0.329 e. The van der Waals surface area contributed by atoms with E-state index in [-0.39, 0.29) is 0 Å². The SMILES string of the molecule is CN(C(=O)[C@H](N)c1ccccc1)C(C)(C)C(=O)O. The lowest BCUT2D eigenvalue weighted by Gasteiger charge is -2.33. The van der Waals surface area contributed by atoms with Crippen molar-refractivity contribution in [2.75, 3.05) is 7.05 Å². The molecule has 1 aromatic rings. The first-order valence-electron chi connectivity index (χ1n) is 5.60. The van der Waals surface area contributed by atoms with Crippen LogP contribution in [0.2, 0.25) is 0 Å². The molecule has 1 amide bonds. The van der Waals surface area contributed by atoms with Gasteiger partial charge in [-0.3, -0.25) is 4.79 Å². The van der Waals surface area contributed by atoms with Gasteiger partial charge in [0.15, 0.2) is 0 Å². The lowest BCUT2D eigenvalue weighted by Crippen LogP contribution is -2.53. The van der Waals surface area contributed by atoms with Crippen molar-refractivity contribution in [3.05, 3.63) is 35.9 Å². The van der Waals surface area contributed by atoms with Crippen molar-refractivity contribution in [1.29, 1.82) is 0 Å². The number of nitrogens with two attached hydrogens (primary N) is 1. The van der Waals surface area contributed by atoms with E-state index in [2.05, 4.69) is 0 Å². The summed E-state index contributed by atoms with van der Waals surface area (Å²) in [5, 5.41) is 9.08. The van der Waals surface area contributed by atoms with Crippen LogP contribution in [0.3, 0.4) is 0 Å². The van der Waals surface area contributed by atoms with E-state index in [1.807, 2.05) is 6.07 Å². The molecule has 1 aromatic carbocycles. The first kappa shape index (κ1) is 14.2. The Balaban J connectivity index is 2.92. The molecule has 0 spiro atoms. The molecular weight excluding hydrogens is 232 g/mol. The van der Waals surface area contributed by atoms with Crippen molar-refractivity contribution < 1.29 is 14.7 Å². The third kappa shape index (κ3) is 2.68. The van der Waals surface area contributed by atoms with Crippen molar-refractivity contribution in [3.8, 4) is 0 Å². The van der Waals surface area contributed by atoms with E-state index in [0.717, 1.165) is 4.90 Å². The van der Waals surface area contributed by atoms with Gasteiger partial charge in [-0.05, 0) is 19.4 Å². The Morgan fingerprint density at radius 3 is 2.22 bits per heavy atom. The predicted octanol–water partition coefficient (Wildman–Crippen LogP) is 1.01. The van der Waals surface area contributed by atoms with Crippen molar-refractivity contribution in [1.82, 2.24) is 4.90 Å². The largest absolute Gasteiger partial charge is 0.480 e. The number of carboxylic acid groups (broad SMARTS) is 1. The minimum Gasteiger partial charge on any atom is -0.480 e. The van der Waals surface area contributed by atoms with Crippen molar-refractivity contribution >= 4 is 11.9 Å². The number of carbonyl (C=O) groups is 2. The van der Waals surface area contributed by atoms with Crippen LogP contribution in [-0.2, 0) is 9.59 Å². The molecule has 0 aromatic heterocycles. The van der Waals surface area contributed by atoms with Gasteiger partial charge >= 0.3 is 5.97 Å². The number of carboxylic acids is 1. The summed E-state index contributed by atoms with van der Waals surface area (Å²) in [5.74, 6) is -1.49. The van der Waals surface area contributed by atoms with Gasteiger partial charge in [0.25, 0.3) is 0 Å². The van der Waals surface area contributed by atoms with Gasteiger partial charge in [-0.25, -0.2) is 4.79 Å². The second-order valence-electron chi connectivity index (χ2n) is 4.65. The summed E-state index contributed by atoms with van der Waals surface area (Å²) in [6.07, 6.45) is 0. The summed E-state index contributed by atoms with van der Waals surface area (Å²) < 4.78 is 0. The molecule has 0 saturated heterocycles. The summed E-state index contributed by atoms with van der Waals surface area (Å²) in [6, 6.07) is 8.02. The number of likely N-dealkylation sites (N-methyl/N-ethyl adjacent to an activating group) is 1. The zero-order valence-corrected chi connectivity index (χ0v) is 10.8. The monoisotopic (exact) mass is 250 g/mol. The molecule has 0 unspecified atom stereocenters. The van der Waals surface area contributed by atoms with Gasteiger partial charge in [0.2, 0.25) is 5.91 Å². The van der Waals surface area contributed by atoms with Gasteiger partial charge in [0.1, 0.15) is 11.6 Å². The van der Waals surface area contributed by atoms with Crippen molar-refractivity contribution in [2.45, 2.75) is 25.4 Å². The van der Waals surface area contributed by atoms with Crippen LogP contribution < -0.4 is 5.73 Å². The van der Waals surface area contributed by atoms with Crippen LogP contribution in [0, 0.1) is 0 Å². The molecule has 5 heteroatoms. The third-order valence-electron chi connectivity index (χ3n) is 3.12. The molecule has 0 aliphatic heterocycles. The normalized spacial score (nSPS) is 12.9. The Kier molecular flexibility index (Phi) is 4.08. The highest BCUT2D eigenvalue weighted by molar-refractivity contribution is 5.89. The Bertz CT molecular complexity index is 443. The fourth-order valence-corrected chi connectivity index (χ4v) is 1.43. The number of hydrogen-bond acceptors (Lipinski definition) is 3. The molecular formula is C13H18N2O3. The Morgan fingerprint density at radius 2 is 1.78 bits per heavy atom. The average Bonchev–Trinajstić information content (AvgIpc) is 2.36. The summed E-state index contributed by atoms with van der Waals surface area (Å²) in [6.45, 7) is 2.93. The molecule has 0 bridgehead atoms. The number of hydrogen-bond donors (Lipinski definition) is 2. The molecule has 0 saturated carbocycles. The van der Waals surface area contributed by atoms with Gasteiger partial charge in [0, 0.05) is 7.05 Å². The second-order valence-corrected chi connectivity index (χ2v) is 4.65. The van der Waals surface area contributed by atoms with Crippen molar-refractivity contribution in [3.63, 3.8) is 0 Å². The van der Waals surface area contributed by atoms with Gasteiger partial charge in [0.05, 0.1) is 0 Å². The quantitative estimate of drug-likeness (QED) is 0.835. The molecule has 98 valence electrons. The van der Waals surface area contributed by atoms with E-state index in [4.69, 9.17) is 10.8 Å². The summed E-state index contributed by atoms with van der Waals surface area (Å²) in [5.41, 5.74) is 5.23. The van der Waals surface area contributed by atoms with Gasteiger partial charge in [-0.1, -0.05) is 30.3 Å². The first-order valence-corrected chi connectivity index (χ1v) is 5.60. The fraction of sp³-hybridized carbons (Fsp3) is 0.385. The molecule has 0 aliphatic rings. The molecule has 0 heterocycles. The molecule has 5 nitrogen and oxygen atoms in total. The van der Waals surface area contributed by atoms with Crippen molar-refractivity contribution in [2.24, 2.45) is 5.73 Å². The Hall–Kier alpha value is -1.88. The van der Waals surface area contributed by atoms with Gasteiger partial charge < -0.3 is 15.7 Å². The topological polar surface area (TPSA) is 83.6 Å². The number of nitrogens with zero attached hydrogens (tertiary/aromatic N) is 1. The van der Waals surface area contributed by atoms with Crippen LogP contribution in [0.4, 0.5) is 0 Å². The maximum atomic E-state index is 12.1. The van der Waals surface area contributed by atoms with Crippen LogP contribution in [-0.4, -0.2) is 34.5 Å². The first-order chi connectivity index (χ1) is 8.28. The number of amides is 1. The van der Waals surface area contributed by atoms with Gasteiger partial charge in [-0.15, -0.1) is 0 Å². The number of benzene rings is 1. The van der Waals surface area contributed by atoms with Crippen LogP contribution in [0.25, 0.3) is 0 Å². The summed E-state index contributed by atoms with van der Waals surface area (Å²) >= 11 is 0. The lowest BCUT2D eigenvalue weighted by atomic mass is 10.0. The highest BCUT2D eigenvalue weighted by Crippen LogP contribution is 2.19. The zero-order valence-electron chi connectivity index (χ0n) is 10.8. The van der Waals surface area contributed by atoms with E-state index in [0.29, 0.717) is 5.56 Å². The molecule has 3 N–H and O–H groups in total. The van der Waals surface area contributed by atoms with E-state index >= 15 is 0 Å². The molecule has 0 fully saturated rings. The molecule has 1 rings (SSSR count). The second kappa shape index (κ2) is 5.18. The molecule has 0 radical (unpaired) electrons. The van der Waals surface area contributed by atoms with E-state index in [1.54, 1.807) is 24.3 Å². The highest BCUT2D eigenvalue weighted by Gasteiger charge is 2.37. The van der Waals surface area contributed by atoms with Crippen LogP contribution >= 0.6 is 0 Å². The highest BCUT2D eigenvalue weighted by atomic mass is 16.4. The van der Waals surface area contributed by atoms with Crippen LogP contribution in [0.5, 0.6) is 0 Å². The molecule has 1 atom stereocenters. The summed E-state index contributed by atoms with van der Waals surface area (Å²) in [7, 11) is 1.44. The lowest BCUT2D eigenvalue weighted by molar-refractivity contribution is -0.155. The fourth-order valence-electron chi connectivity index (χ4n) is 1.43. The summed E-state index contributed by atoms with van der Waals surface area (Å²) in [4.78, 5) is 24.4. The molecule has 18 heavy (non-hydrogen) atoms. The minimum atomic E-state index is -1.29. The van der Waals surface area contributed by atoms with E-state index in [9.17, 15) is 9.59 Å². The Morgan fingerprint density at radius 1 is 1.28 bits per heavy atom. The standard InChI is InChI=1S/C13H18N2O3/c1-13(2,12(17)18)15(3)11(16)10(14)9-7-5-4-6-8-9/h4-8,10H,14H2,1-3H3,(H,17,18)/t10-/m1/s1. The Labute approximate surface area is 106 Å². The minimum absolute atomic E-state index is 0.423. The average molecular weight is 250 g/mol. The maximum Gasteiger partial charge on any atom is 0.329 e. The van der Waals surface area contributed by atoms with Crippen LogP contribution in [0.1, 0.15) is 25.5 Å². The number of rotatable bonds is 4. The molecule has 0 aliphatic carbocycles.